The van der Waals surface area contributed by atoms with E-state index in [0.29, 0.717) is 51.6 Å². The highest BCUT2D eigenvalue weighted by molar-refractivity contribution is 14.0. The zero-order chi connectivity index (χ0) is 21.4. The van der Waals surface area contributed by atoms with Crippen molar-refractivity contribution in [2.45, 2.75) is 33.3 Å². The number of halogens is 1. The molecule has 1 aliphatic rings. The lowest BCUT2D eigenvalue weighted by molar-refractivity contribution is 0.0263. The Balaban J connectivity index is 0.00000450. The largest absolute Gasteiger partial charge is 0.459 e. The summed E-state index contributed by atoms with van der Waals surface area (Å²) in [6.45, 7) is 11.7. The summed E-state index contributed by atoms with van der Waals surface area (Å²) in [7, 11) is 1.73. The van der Waals surface area contributed by atoms with Gasteiger partial charge in [-0.05, 0) is 39.8 Å². The highest BCUT2D eigenvalue weighted by atomic mass is 127. The van der Waals surface area contributed by atoms with Gasteiger partial charge >= 0.3 is 6.09 Å². The van der Waals surface area contributed by atoms with E-state index in [1.54, 1.807) is 29.0 Å². The Morgan fingerprint density at radius 1 is 1.23 bits per heavy atom. The molecule has 2 amide bonds. The van der Waals surface area contributed by atoms with Crippen LogP contribution in [0.25, 0.3) is 0 Å². The fourth-order valence-electron chi connectivity index (χ4n) is 3.02. The standard InChI is InChI=1S/C20H33N5O4.HI/c1-6-23(19(27)29-20(2,3)4)10-9-22-18(21-5)25-13-11-24(12-14-25)17(26)16-8-7-15-28-16;/h7-8,15H,6,9-14H2,1-5H3,(H,21,22);1H. The molecule has 10 heteroatoms. The van der Waals surface area contributed by atoms with Gasteiger partial charge in [0.2, 0.25) is 0 Å². The molecule has 9 nitrogen and oxygen atoms in total. The zero-order valence-electron chi connectivity index (χ0n) is 18.5. The Kier molecular flexibility index (Phi) is 10.4. The SMILES string of the molecule is CCN(CCNC(=NC)N1CCN(C(=O)c2ccco2)CC1)C(=O)OC(C)(C)C.I. The molecule has 0 bridgehead atoms. The number of hydrogen-bond donors (Lipinski definition) is 1. The third kappa shape index (κ3) is 7.69. The van der Waals surface area contributed by atoms with Gasteiger partial charge in [0.25, 0.3) is 5.91 Å². The van der Waals surface area contributed by atoms with Crippen LogP contribution in [0.2, 0.25) is 0 Å². The maximum Gasteiger partial charge on any atom is 0.410 e. The van der Waals surface area contributed by atoms with E-state index in [1.807, 2.05) is 27.7 Å². The second-order valence-corrected chi connectivity index (χ2v) is 7.79. The van der Waals surface area contributed by atoms with Crippen molar-refractivity contribution in [3.8, 4) is 0 Å². The van der Waals surface area contributed by atoms with Crippen LogP contribution in [0.1, 0.15) is 38.2 Å². The van der Waals surface area contributed by atoms with Gasteiger partial charge in [-0.25, -0.2) is 4.79 Å². The van der Waals surface area contributed by atoms with Crippen molar-refractivity contribution in [2.24, 2.45) is 4.99 Å². The van der Waals surface area contributed by atoms with Gasteiger partial charge in [-0.2, -0.15) is 0 Å². The summed E-state index contributed by atoms with van der Waals surface area (Å²) < 4.78 is 10.6. The van der Waals surface area contributed by atoms with Gasteiger partial charge in [0.1, 0.15) is 5.60 Å². The van der Waals surface area contributed by atoms with E-state index in [1.165, 1.54) is 6.26 Å². The number of carbonyl (C=O) groups is 2. The van der Waals surface area contributed by atoms with Gasteiger partial charge in [0.05, 0.1) is 6.26 Å². The van der Waals surface area contributed by atoms with E-state index >= 15 is 0 Å². The lowest BCUT2D eigenvalue weighted by Gasteiger charge is -2.36. The van der Waals surface area contributed by atoms with Crippen molar-refractivity contribution >= 4 is 41.9 Å². The molecule has 1 aliphatic heterocycles. The van der Waals surface area contributed by atoms with Crippen LogP contribution in [0.3, 0.4) is 0 Å². The first-order chi connectivity index (χ1) is 13.7. The molecule has 0 aromatic carbocycles. The zero-order valence-corrected chi connectivity index (χ0v) is 20.8. The molecule has 0 spiro atoms. The number of aliphatic imine (C=N–C) groups is 1. The van der Waals surface area contributed by atoms with E-state index in [9.17, 15) is 9.59 Å². The third-order valence-electron chi connectivity index (χ3n) is 4.51. The second-order valence-electron chi connectivity index (χ2n) is 7.79. The average Bonchev–Trinajstić information content (AvgIpc) is 3.21. The lowest BCUT2D eigenvalue weighted by atomic mass is 10.2. The van der Waals surface area contributed by atoms with Gasteiger partial charge in [-0.3, -0.25) is 9.79 Å². The fraction of sp³-hybridized carbons (Fsp3) is 0.650. The van der Waals surface area contributed by atoms with Crippen LogP contribution < -0.4 is 5.32 Å². The van der Waals surface area contributed by atoms with Crippen molar-refractivity contribution in [1.29, 1.82) is 0 Å². The van der Waals surface area contributed by atoms with Gasteiger partial charge in [-0.1, -0.05) is 0 Å². The summed E-state index contributed by atoms with van der Waals surface area (Å²) in [5.41, 5.74) is -0.513. The molecule has 1 aromatic heterocycles. The number of nitrogens with zero attached hydrogens (tertiary/aromatic N) is 4. The summed E-state index contributed by atoms with van der Waals surface area (Å²) in [4.78, 5) is 34.5. The van der Waals surface area contributed by atoms with Crippen molar-refractivity contribution in [1.82, 2.24) is 20.0 Å². The highest BCUT2D eigenvalue weighted by Crippen LogP contribution is 2.11. The monoisotopic (exact) mass is 535 g/mol. The van der Waals surface area contributed by atoms with E-state index in [0.717, 1.165) is 5.96 Å². The Morgan fingerprint density at radius 2 is 1.87 bits per heavy atom. The summed E-state index contributed by atoms with van der Waals surface area (Å²) in [5.74, 6) is 1.03. The average molecular weight is 535 g/mol. The summed E-state index contributed by atoms with van der Waals surface area (Å²) in [5, 5.41) is 3.30. The van der Waals surface area contributed by atoms with Crippen LogP contribution in [0.5, 0.6) is 0 Å². The predicted molar refractivity (Wildman–Crippen MR) is 126 cm³/mol. The molecule has 2 rings (SSSR count). The van der Waals surface area contributed by atoms with Gasteiger partial charge < -0.3 is 29.2 Å². The molecule has 0 atom stereocenters. The minimum Gasteiger partial charge on any atom is -0.459 e. The Hall–Kier alpha value is -1.98. The third-order valence-corrected chi connectivity index (χ3v) is 4.51. The first-order valence-corrected chi connectivity index (χ1v) is 10.0. The first kappa shape index (κ1) is 26.1. The van der Waals surface area contributed by atoms with E-state index < -0.39 is 5.60 Å². The van der Waals surface area contributed by atoms with Crippen LogP contribution in [0, 0.1) is 0 Å². The van der Waals surface area contributed by atoms with Crippen LogP contribution in [-0.4, -0.2) is 91.1 Å². The summed E-state index contributed by atoms with van der Waals surface area (Å²) >= 11 is 0. The Bertz CT molecular complexity index is 695. The molecule has 30 heavy (non-hydrogen) atoms. The molecule has 0 aliphatic carbocycles. The second kappa shape index (κ2) is 12.0. The molecule has 1 N–H and O–H groups in total. The number of likely N-dealkylation sites (N-methyl/N-ethyl adjacent to an activating group) is 1. The normalized spacial score (nSPS) is 14.8. The molecular formula is C20H34IN5O4. The molecule has 2 heterocycles. The number of rotatable bonds is 5. The van der Waals surface area contributed by atoms with Crippen LogP contribution >= 0.6 is 24.0 Å². The molecular weight excluding hydrogens is 501 g/mol. The molecule has 1 aromatic rings. The minimum atomic E-state index is -0.513. The maximum absolute atomic E-state index is 12.4. The van der Waals surface area contributed by atoms with Crippen LogP contribution in [-0.2, 0) is 4.74 Å². The Labute approximate surface area is 195 Å². The fourth-order valence-corrected chi connectivity index (χ4v) is 3.02. The van der Waals surface area contributed by atoms with E-state index in [2.05, 4.69) is 15.2 Å². The number of amides is 2. The van der Waals surface area contributed by atoms with Crippen molar-refractivity contribution in [2.75, 3.05) is 52.9 Å². The summed E-state index contributed by atoms with van der Waals surface area (Å²) in [6, 6.07) is 3.39. The number of guanidine groups is 1. The Morgan fingerprint density at radius 3 is 2.37 bits per heavy atom. The van der Waals surface area contributed by atoms with Crippen molar-refractivity contribution in [3.63, 3.8) is 0 Å². The smallest absolute Gasteiger partial charge is 0.410 e. The number of hydrogen-bond acceptors (Lipinski definition) is 5. The van der Waals surface area contributed by atoms with Crippen LogP contribution in [0.4, 0.5) is 4.79 Å². The van der Waals surface area contributed by atoms with Crippen molar-refractivity contribution < 1.29 is 18.7 Å². The lowest BCUT2D eigenvalue weighted by Crippen LogP contribution is -2.54. The predicted octanol–water partition coefficient (Wildman–Crippen LogP) is 2.49. The highest BCUT2D eigenvalue weighted by Gasteiger charge is 2.25. The van der Waals surface area contributed by atoms with Gasteiger partial charge in [0, 0.05) is 52.9 Å². The van der Waals surface area contributed by atoms with Gasteiger partial charge in [-0.15, -0.1) is 24.0 Å². The number of ether oxygens (including phenoxy) is 1. The van der Waals surface area contributed by atoms with E-state index in [4.69, 9.17) is 9.15 Å². The quantitative estimate of drug-likeness (QED) is 0.354. The molecule has 170 valence electrons. The number of furan rings is 1. The maximum atomic E-state index is 12.4. The molecule has 0 unspecified atom stereocenters. The molecule has 1 saturated heterocycles. The van der Waals surface area contributed by atoms with E-state index in [-0.39, 0.29) is 36.0 Å². The van der Waals surface area contributed by atoms with Gasteiger partial charge in [0.15, 0.2) is 11.7 Å². The number of nitrogens with one attached hydrogen (secondary N) is 1. The summed E-state index contributed by atoms with van der Waals surface area (Å²) in [6.07, 6.45) is 1.19. The van der Waals surface area contributed by atoms with Crippen LogP contribution in [0.15, 0.2) is 27.8 Å². The number of piperazine rings is 1. The molecule has 1 fully saturated rings. The first-order valence-electron chi connectivity index (χ1n) is 10.0. The minimum absolute atomic E-state index is 0. The molecule has 0 saturated carbocycles. The topological polar surface area (TPSA) is 90.6 Å². The van der Waals surface area contributed by atoms with Crippen molar-refractivity contribution in [3.05, 3.63) is 24.2 Å². The molecule has 0 radical (unpaired) electrons. The number of carbonyl (C=O) groups excluding carboxylic acids is 2.